The van der Waals surface area contributed by atoms with Crippen LogP contribution in [0.15, 0.2) is 70.7 Å². The minimum Gasteiger partial charge on any atom is -0.493 e. The Balaban J connectivity index is 1.82. The van der Waals surface area contributed by atoms with Gasteiger partial charge in [-0.05, 0) is 60.2 Å². The van der Waals surface area contributed by atoms with Gasteiger partial charge in [0.15, 0.2) is 11.5 Å². The first kappa shape index (κ1) is 23.8. The maximum atomic E-state index is 12.6. The molecule has 3 aromatic carbocycles. The van der Waals surface area contributed by atoms with E-state index in [1.54, 1.807) is 18.2 Å². The van der Waals surface area contributed by atoms with E-state index in [1.165, 1.54) is 56.8 Å². The van der Waals surface area contributed by atoms with E-state index in [0.717, 1.165) is 6.07 Å². The van der Waals surface area contributed by atoms with Gasteiger partial charge in [0.1, 0.15) is 5.69 Å². The van der Waals surface area contributed by atoms with E-state index >= 15 is 0 Å². The number of sulfonamides is 1. The molecule has 33 heavy (non-hydrogen) atoms. The van der Waals surface area contributed by atoms with Gasteiger partial charge in [-0.1, -0.05) is 11.6 Å². The number of nitrogens with one attached hydrogen (secondary N) is 2. The fourth-order valence-corrected chi connectivity index (χ4v) is 3.97. The molecule has 0 aliphatic rings. The van der Waals surface area contributed by atoms with E-state index in [1.807, 2.05) is 0 Å². The van der Waals surface area contributed by atoms with Gasteiger partial charge >= 0.3 is 0 Å². The van der Waals surface area contributed by atoms with Crippen LogP contribution in [0.2, 0.25) is 5.02 Å². The van der Waals surface area contributed by atoms with Crippen molar-refractivity contribution in [3.63, 3.8) is 0 Å². The van der Waals surface area contributed by atoms with Crippen LogP contribution in [0.4, 0.5) is 17.1 Å². The van der Waals surface area contributed by atoms with Crippen molar-refractivity contribution < 1.29 is 22.8 Å². The first-order chi connectivity index (χ1) is 15.7. The highest BCUT2D eigenvalue weighted by Gasteiger charge is 2.21. The fraction of sp³-hybridized carbons (Fsp3) is 0.0952. The molecule has 0 aliphatic carbocycles. The zero-order chi connectivity index (χ0) is 24.0. The van der Waals surface area contributed by atoms with Crippen molar-refractivity contribution in [1.82, 2.24) is 0 Å². The fourth-order valence-electron chi connectivity index (χ4n) is 2.77. The van der Waals surface area contributed by atoms with Crippen LogP contribution >= 0.6 is 11.6 Å². The summed E-state index contributed by atoms with van der Waals surface area (Å²) < 4.78 is 38.0. The largest absolute Gasteiger partial charge is 0.493 e. The molecule has 0 bridgehead atoms. The first-order valence-electron chi connectivity index (χ1n) is 9.31. The highest BCUT2D eigenvalue weighted by molar-refractivity contribution is 7.92. The van der Waals surface area contributed by atoms with E-state index in [2.05, 4.69) is 15.2 Å². The van der Waals surface area contributed by atoms with Crippen LogP contribution in [0.25, 0.3) is 0 Å². The molecule has 12 heteroatoms. The lowest BCUT2D eigenvalue weighted by atomic mass is 10.2. The monoisotopic (exact) mass is 490 g/mol. The minimum absolute atomic E-state index is 0.0159. The van der Waals surface area contributed by atoms with Crippen LogP contribution in [0.3, 0.4) is 0 Å². The summed E-state index contributed by atoms with van der Waals surface area (Å²) in [7, 11) is -1.05. The Kier molecular flexibility index (Phi) is 7.36. The molecule has 0 amide bonds. The highest BCUT2D eigenvalue weighted by atomic mass is 35.5. The molecule has 0 atom stereocenters. The second-order valence-corrected chi connectivity index (χ2v) is 8.65. The van der Waals surface area contributed by atoms with Gasteiger partial charge in [0.25, 0.3) is 15.7 Å². The lowest BCUT2D eigenvalue weighted by Crippen LogP contribution is -2.13. The molecule has 10 nitrogen and oxygen atoms in total. The number of halogens is 1. The smallest absolute Gasteiger partial charge is 0.295 e. The summed E-state index contributed by atoms with van der Waals surface area (Å²) in [4.78, 5) is 10.6. The zero-order valence-corrected chi connectivity index (χ0v) is 19.1. The van der Waals surface area contributed by atoms with Crippen LogP contribution in [-0.4, -0.2) is 33.8 Å². The second kappa shape index (κ2) is 10.2. The average Bonchev–Trinajstić information content (AvgIpc) is 2.80. The van der Waals surface area contributed by atoms with E-state index < -0.39 is 20.6 Å². The summed E-state index contributed by atoms with van der Waals surface area (Å²) in [6.45, 7) is 0. The van der Waals surface area contributed by atoms with Crippen molar-refractivity contribution in [3.05, 3.63) is 81.4 Å². The number of hydrogen-bond acceptors (Lipinski definition) is 8. The number of rotatable bonds is 9. The number of nitrogens with zero attached hydrogens (tertiary/aromatic N) is 2. The van der Waals surface area contributed by atoms with Crippen LogP contribution in [0.1, 0.15) is 5.56 Å². The average molecular weight is 491 g/mol. The lowest BCUT2D eigenvalue weighted by molar-refractivity contribution is -0.384. The molecule has 0 saturated carbocycles. The molecule has 2 N–H and O–H groups in total. The number of nitro benzene ring substituents is 1. The number of anilines is 2. The molecule has 3 rings (SSSR count). The quantitative estimate of drug-likeness (QED) is 0.256. The van der Waals surface area contributed by atoms with Gasteiger partial charge in [-0.15, -0.1) is 0 Å². The molecule has 0 spiro atoms. The van der Waals surface area contributed by atoms with Gasteiger partial charge in [0.2, 0.25) is 0 Å². The second-order valence-electron chi connectivity index (χ2n) is 6.53. The number of methoxy groups -OCH3 is 2. The molecule has 172 valence electrons. The third-order valence-electron chi connectivity index (χ3n) is 4.38. The summed E-state index contributed by atoms with van der Waals surface area (Å²) in [5.74, 6) is 1.04. The van der Waals surface area contributed by atoms with Gasteiger partial charge in [-0.2, -0.15) is 5.10 Å². The van der Waals surface area contributed by atoms with E-state index in [-0.39, 0.29) is 16.3 Å². The standard InChI is InChI=1S/C21H19ClN4O6S/c1-31-20-10-3-14(11-21(20)32-2)13-23-24-18-9-8-17(12-19(18)26(27)28)33(29,30)25-16-6-4-15(22)5-7-16/h3-13,24-25H,1-2H3/b23-13-. The molecular weight excluding hydrogens is 472 g/mol. The summed E-state index contributed by atoms with van der Waals surface area (Å²) in [6.07, 6.45) is 1.43. The van der Waals surface area contributed by atoms with E-state index in [9.17, 15) is 18.5 Å². The molecular formula is C21H19ClN4O6S. The number of hydrazone groups is 1. The van der Waals surface area contributed by atoms with Gasteiger partial charge in [-0.25, -0.2) is 8.42 Å². The zero-order valence-electron chi connectivity index (χ0n) is 17.5. The summed E-state index contributed by atoms with van der Waals surface area (Å²) >= 11 is 5.80. The Bertz CT molecular complexity index is 1300. The third-order valence-corrected chi connectivity index (χ3v) is 6.01. The predicted molar refractivity (Wildman–Crippen MR) is 126 cm³/mol. The van der Waals surface area contributed by atoms with Crippen molar-refractivity contribution in [3.8, 4) is 11.5 Å². The molecule has 0 aliphatic heterocycles. The van der Waals surface area contributed by atoms with Gasteiger partial charge < -0.3 is 9.47 Å². The van der Waals surface area contributed by atoms with E-state index in [0.29, 0.717) is 22.1 Å². The van der Waals surface area contributed by atoms with Crippen molar-refractivity contribution >= 4 is 44.9 Å². The van der Waals surface area contributed by atoms with Crippen molar-refractivity contribution in [2.45, 2.75) is 4.90 Å². The minimum atomic E-state index is -4.07. The van der Waals surface area contributed by atoms with Crippen LogP contribution in [-0.2, 0) is 10.0 Å². The van der Waals surface area contributed by atoms with Crippen molar-refractivity contribution in [2.75, 3.05) is 24.4 Å². The maximum absolute atomic E-state index is 12.6. The number of benzene rings is 3. The maximum Gasteiger partial charge on any atom is 0.295 e. The first-order valence-corrected chi connectivity index (χ1v) is 11.2. The van der Waals surface area contributed by atoms with Crippen molar-refractivity contribution in [2.24, 2.45) is 5.10 Å². The topological polar surface area (TPSA) is 132 Å². The predicted octanol–water partition coefficient (Wildman–Crippen LogP) is 4.51. The molecule has 0 unspecified atom stereocenters. The van der Waals surface area contributed by atoms with Crippen molar-refractivity contribution in [1.29, 1.82) is 0 Å². The Morgan fingerprint density at radius 2 is 1.70 bits per heavy atom. The number of nitro groups is 1. The van der Waals surface area contributed by atoms with Crippen LogP contribution < -0.4 is 19.6 Å². The van der Waals surface area contributed by atoms with Crippen LogP contribution in [0, 0.1) is 10.1 Å². The van der Waals surface area contributed by atoms with Gasteiger partial charge in [-0.3, -0.25) is 20.3 Å². The van der Waals surface area contributed by atoms with E-state index in [4.69, 9.17) is 21.1 Å². The molecule has 0 saturated heterocycles. The number of ether oxygens (including phenoxy) is 2. The molecule has 0 fully saturated rings. The number of hydrogen-bond donors (Lipinski definition) is 2. The summed E-state index contributed by atoms with van der Waals surface area (Å²) in [6, 6.07) is 14.5. The Labute approximate surface area is 195 Å². The molecule has 3 aromatic rings. The summed E-state index contributed by atoms with van der Waals surface area (Å²) in [5.41, 5.74) is 3.04. The Morgan fingerprint density at radius 3 is 2.33 bits per heavy atom. The normalized spacial score (nSPS) is 11.2. The Morgan fingerprint density at radius 1 is 1.00 bits per heavy atom. The Hall–Kier alpha value is -3.83. The summed E-state index contributed by atoms with van der Waals surface area (Å²) in [5, 5.41) is 16.0. The SMILES string of the molecule is COc1ccc(/C=N\Nc2ccc(S(=O)(=O)Nc3ccc(Cl)cc3)cc2[N+](=O)[O-])cc1OC. The van der Waals surface area contributed by atoms with Gasteiger partial charge in [0.05, 0.1) is 30.3 Å². The molecule has 0 radical (unpaired) electrons. The lowest BCUT2D eigenvalue weighted by Gasteiger charge is -2.09. The van der Waals surface area contributed by atoms with Crippen LogP contribution in [0.5, 0.6) is 11.5 Å². The van der Waals surface area contributed by atoms with Gasteiger partial charge in [0, 0.05) is 16.8 Å². The molecule has 0 heterocycles. The highest BCUT2D eigenvalue weighted by Crippen LogP contribution is 2.29. The molecule has 0 aromatic heterocycles. The third kappa shape index (κ3) is 5.90.